The number of hydrogen-bond acceptors (Lipinski definition) is 6. The van der Waals surface area contributed by atoms with Gasteiger partial charge in [0.05, 0.1) is 12.5 Å². The van der Waals surface area contributed by atoms with E-state index in [1.165, 1.54) is 0 Å². The molecule has 0 amide bonds. The van der Waals surface area contributed by atoms with Gasteiger partial charge in [-0.25, -0.2) is 9.59 Å². The summed E-state index contributed by atoms with van der Waals surface area (Å²) in [7, 11) is 0. The molecule has 6 heteroatoms. The van der Waals surface area contributed by atoms with E-state index in [0.717, 1.165) is 18.4 Å². The molecule has 2 N–H and O–H groups in total. The summed E-state index contributed by atoms with van der Waals surface area (Å²) >= 11 is 0. The standard InChI is InChI=1S/C19H26O6/c1-11(2)18(22)24-15-7-13(9-20)5-4-6-14(10-21)8-16-17(15)12(3)19(23)25-16/h8,13,15-17,20-21H,1,3-7,9-10H2,2H3/b14-8-/t13-,15-,16+,17+/m1/s1. The minimum absolute atomic E-state index is 0.0437. The van der Waals surface area contributed by atoms with Crippen LogP contribution in [0, 0.1) is 11.8 Å². The van der Waals surface area contributed by atoms with Gasteiger partial charge < -0.3 is 19.7 Å². The molecule has 0 bridgehead atoms. The molecule has 1 fully saturated rings. The van der Waals surface area contributed by atoms with Crippen LogP contribution in [0.15, 0.2) is 36.0 Å². The van der Waals surface area contributed by atoms with Crippen LogP contribution in [-0.2, 0) is 19.1 Å². The minimum atomic E-state index is -0.653. The highest BCUT2D eigenvalue weighted by atomic mass is 16.6. The second-order valence-corrected chi connectivity index (χ2v) is 6.80. The second-order valence-electron chi connectivity index (χ2n) is 6.80. The molecule has 2 aliphatic rings. The van der Waals surface area contributed by atoms with Gasteiger partial charge in [0.25, 0.3) is 0 Å². The highest BCUT2D eigenvalue weighted by Gasteiger charge is 2.45. The van der Waals surface area contributed by atoms with Gasteiger partial charge in [-0.15, -0.1) is 0 Å². The van der Waals surface area contributed by atoms with Gasteiger partial charge in [0, 0.05) is 17.8 Å². The van der Waals surface area contributed by atoms with Crippen LogP contribution in [0.4, 0.5) is 0 Å². The Hall–Kier alpha value is -1.92. The second kappa shape index (κ2) is 8.45. The molecule has 1 aliphatic heterocycles. The molecule has 6 nitrogen and oxygen atoms in total. The average molecular weight is 350 g/mol. The van der Waals surface area contributed by atoms with Crippen molar-refractivity contribution >= 4 is 11.9 Å². The normalized spacial score (nSPS) is 32.2. The molecule has 1 aliphatic carbocycles. The van der Waals surface area contributed by atoms with Gasteiger partial charge in [-0.3, -0.25) is 0 Å². The summed E-state index contributed by atoms with van der Waals surface area (Å²) in [6.45, 7) is 8.78. The van der Waals surface area contributed by atoms with Crippen molar-refractivity contribution in [2.24, 2.45) is 11.8 Å². The Morgan fingerprint density at radius 2 is 2.16 bits per heavy atom. The zero-order valence-electron chi connectivity index (χ0n) is 14.6. The number of aliphatic hydroxyl groups is 2. The number of hydrogen-bond donors (Lipinski definition) is 2. The molecule has 0 radical (unpaired) electrons. The van der Waals surface area contributed by atoms with Crippen molar-refractivity contribution in [2.75, 3.05) is 13.2 Å². The van der Waals surface area contributed by atoms with Crippen molar-refractivity contribution in [2.45, 2.75) is 44.8 Å². The molecule has 1 saturated heterocycles. The zero-order chi connectivity index (χ0) is 18.6. The fraction of sp³-hybridized carbons (Fsp3) is 0.579. The summed E-state index contributed by atoms with van der Waals surface area (Å²) < 4.78 is 11.0. The summed E-state index contributed by atoms with van der Waals surface area (Å²) in [5, 5.41) is 19.2. The lowest BCUT2D eigenvalue weighted by molar-refractivity contribution is -0.148. The number of aliphatic hydroxyl groups excluding tert-OH is 2. The maximum absolute atomic E-state index is 12.1. The van der Waals surface area contributed by atoms with E-state index in [1.807, 2.05) is 0 Å². The number of carbonyl (C=O) groups excluding carboxylic acids is 2. The van der Waals surface area contributed by atoms with E-state index in [0.29, 0.717) is 12.8 Å². The maximum Gasteiger partial charge on any atom is 0.334 e. The predicted molar refractivity (Wildman–Crippen MR) is 91.4 cm³/mol. The predicted octanol–water partition coefficient (Wildman–Crippen LogP) is 1.67. The van der Waals surface area contributed by atoms with Gasteiger partial charge >= 0.3 is 11.9 Å². The average Bonchev–Trinajstić information content (AvgIpc) is 2.85. The van der Waals surface area contributed by atoms with Gasteiger partial charge in [0.2, 0.25) is 0 Å². The number of carbonyl (C=O) groups is 2. The molecule has 2 rings (SSSR count). The molecule has 138 valence electrons. The molecule has 0 aromatic rings. The van der Waals surface area contributed by atoms with Crippen LogP contribution in [0.3, 0.4) is 0 Å². The van der Waals surface area contributed by atoms with Crippen molar-refractivity contribution in [3.8, 4) is 0 Å². The Morgan fingerprint density at radius 1 is 1.44 bits per heavy atom. The smallest absolute Gasteiger partial charge is 0.334 e. The largest absolute Gasteiger partial charge is 0.458 e. The van der Waals surface area contributed by atoms with Gasteiger partial charge in [0.1, 0.15) is 12.2 Å². The molecular formula is C19H26O6. The van der Waals surface area contributed by atoms with Gasteiger partial charge in [-0.05, 0) is 50.2 Å². The van der Waals surface area contributed by atoms with E-state index in [9.17, 15) is 19.8 Å². The third-order valence-corrected chi connectivity index (χ3v) is 4.81. The van der Waals surface area contributed by atoms with E-state index in [2.05, 4.69) is 13.2 Å². The topological polar surface area (TPSA) is 93.1 Å². The first-order valence-corrected chi connectivity index (χ1v) is 8.54. The molecule has 0 unspecified atom stereocenters. The van der Waals surface area contributed by atoms with Crippen molar-refractivity contribution in [1.29, 1.82) is 0 Å². The van der Waals surface area contributed by atoms with Crippen LogP contribution in [-0.4, -0.2) is 47.6 Å². The number of ether oxygens (including phenoxy) is 2. The van der Waals surface area contributed by atoms with Crippen LogP contribution in [0.25, 0.3) is 0 Å². The monoisotopic (exact) mass is 350 g/mol. The highest BCUT2D eigenvalue weighted by Crippen LogP contribution is 2.37. The van der Waals surface area contributed by atoms with Gasteiger partial charge in [-0.2, -0.15) is 0 Å². The summed E-state index contributed by atoms with van der Waals surface area (Å²) in [6.07, 6.45) is 3.04. The lowest BCUT2D eigenvalue weighted by Crippen LogP contribution is -2.35. The van der Waals surface area contributed by atoms with Crippen molar-refractivity contribution in [1.82, 2.24) is 0 Å². The summed E-state index contributed by atoms with van der Waals surface area (Å²) in [4.78, 5) is 24.1. The van der Waals surface area contributed by atoms with Gasteiger partial charge in [-0.1, -0.05) is 13.2 Å². The Balaban J connectivity index is 2.39. The van der Waals surface area contributed by atoms with Crippen LogP contribution in [0.2, 0.25) is 0 Å². The number of esters is 2. The summed E-state index contributed by atoms with van der Waals surface area (Å²) in [5.74, 6) is -1.69. The van der Waals surface area contributed by atoms with Crippen molar-refractivity contribution in [3.63, 3.8) is 0 Å². The number of fused-ring (bicyclic) bond motifs is 1. The summed E-state index contributed by atoms with van der Waals surface area (Å²) in [5.41, 5.74) is 1.27. The first-order chi connectivity index (χ1) is 11.9. The Kier molecular flexibility index (Phi) is 6.56. The quantitative estimate of drug-likeness (QED) is 0.455. The molecule has 0 aromatic carbocycles. The maximum atomic E-state index is 12.1. The van der Waals surface area contributed by atoms with Crippen LogP contribution in [0.5, 0.6) is 0 Å². The first-order valence-electron chi connectivity index (χ1n) is 8.54. The van der Waals surface area contributed by atoms with Crippen LogP contribution >= 0.6 is 0 Å². The SMILES string of the molecule is C=C(C)C(=O)O[C@@H]1C[C@H](CO)CCC/C(CO)=C/[C@@H]2OC(=O)C(=C)[C@H]21. The van der Waals surface area contributed by atoms with E-state index < -0.39 is 30.1 Å². The van der Waals surface area contributed by atoms with Crippen LogP contribution < -0.4 is 0 Å². The lowest BCUT2D eigenvalue weighted by atomic mass is 9.82. The molecule has 0 spiro atoms. The Morgan fingerprint density at radius 3 is 2.76 bits per heavy atom. The third kappa shape index (κ3) is 4.58. The summed E-state index contributed by atoms with van der Waals surface area (Å²) in [6, 6.07) is 0. The van der Waals surface area contributed by atoms with E-state index in [-0.39, 0.29) is 30.3 Å². The van der Waals surface area contributed by atoms with E-state index in [4.69, 9.17) is 9.47 Å². The highest BCUT2D eigenvalue weighted by molar-refractivity contribution is 5.91. The fourth-order valence-corrected chi connectivity index (χ4v) is 3.36. The Bertz CT molecular complexity index is 591. The lowest BCUT2D eigenvalue weighted by Gasteiger charge is -2.30. The zero-order valence-corrected chi connectivity index (χ0v) is 14.6. The first kappa shape index (κ1) is 19.4. The fourth-order valence-electron chi connectivity index (χ4n) is 3.36. The molecule has 0 saturated carbocycles. The number of rotatable bonds is 4. The van der Waals surface area contributed by atoms with Crippen molar-refractivity contribution < 1.29 is 29.3 Å². The van der Waals surface area contributed by atoms with Gasteiger partial charge in [0.15, 0.2) is 0 Å². The van der Waals surface area contributed by atoms with Crippen LogP contribution in [0.1, 0.15) is 32.6 Å². The minimum Gasteiger partial charge on any atom is -0.458 e. The molecule has 25 heavy (non-hydrogen) atoms. The van der Waals surface area contributed by atoms with E-state index >= 15 is 0 Å². The molecule has 0 aromatic heterocycles. The molecule has 4 atom stereocenters. The molecule has 1 heterocycles. The van der Waals surface area contributed by atoms with Crippen molar-refractivity contribution in [3.05, 3.63) is 36.0 Å². The Labute approximate surface area is 147 Å². The van der Waals surface area contributed by atoms with E-state index in [1.54, 1.807) is 13.0 Å². The third-order valence-electron chi connectivity index (χ3n) is 4.81. The molecular weight excluding hydrogens is 324 g/mol.